The lowest BCUT2D eigenvalue weighted by Crippen LogP contribution is -2.19. The maximum absolute atomic E-state index is 12.5. The summed E-state index contributed by atoms with van der Waals surface area (Å²) >= 11 is 1.63. The summed E-state index contributed by atoms with van der Waals surface area (Å²) in [5.41, 5.74) is 7.58. The first-order valence-electron chi connectivity index (χ1n) is 10.9. The summed E-state index contributed by atoms with van der Waals surface area (Å²) < 4.78 is 0. The summed E-state index contributed by atoms with van der Waals surface area (Å²) in [6.45, 7) is 4.06. The van der Waals surface area contributed by atoms with Crippen molar-refractivity contribution in [2.75, 3.05) is 10.6 Å². The standard InChI is InChI=1S/C25H26N4O2S/c1-3-7-20-24(25(31)29-28-20)21-15-22(18-9-5-6-10-19(18)27-21)32-17-13-11-16(12-14-17)26-23(30)8-4-2/h5-6,9-15,27H,3-4,7-8H2,1-2H3,(H,26,30)(H,29,31)/b24-21-. The minimum atomic E-state index is -0.178. The van der Waals surface area contributed by atoms with Crippen molar-refractivity contribution in [3.05, 3.63) is 71.4 Å². The average Bonchev–Trinajstić information content (AvgIpc) is 3.15. The number of nitrogens with one attached hydrogen (secondary N) is 3. The molecule has 6 nitrogen and oxygen atoms in total. The van der Waals surface area contributed by atoms with Crippen molar-refractivity contribution >= 4 is 45.6 Å². The molecule has 0 aliphatic carbocycles. The highest BCUT2D eigenvalue weighted by Crippen LogP contribution is 2.42. The number of anilines is 2. The van der Waals surface area contributed by atoms with Crippen LogP contribution >= 0.6 is 11.8 Å². The van der Waals surface area contributed by atoms with E-state index in [0.717, 1.165) is 57.4 Å². The molecule has 2 heterocycles. The van der Waals surface area contributed by atoms with Crippen LogP contribution in [0.25, 0.3) is 4.91 Å². The van der Waals surface area contributed by atoms with Gasteiger partial charge in [-0.15, -0.1) is 0 Å². The van der Waals surface area contributed by atoms with Gasteiger partial charge >= 0.3 is 0 Å². The Labute approximate surface area is 192 Å². The predicted octanol–water partition coefficient (Wildman–Crippen LogP) is 5.52. The number of carbonyl (C=O) groups is 2. The summed E-state index contributed by atoms with van der Waals surface area (Å²) in [5.74, 6) is -0.151. The SMILES string of the molecule is CCCC(=O)Nc1ccc(SC2=C/C(=C3/C(=O)NN=C3CCC)Nc3ccccc32)cc1. The Hall–Kier alpha value is -3.32. The number of rotatable bonds is 7. The van der Waals surface area contributed by atoms with E-state index in [4.69, 9.17) is 0 Å². The molecule has 0 bridgehead atoms. The monoisotopic (exact) mass is 446 g/mol. The molecule has 7 heteroatoms. The zero-order valence-corrected chi connectivity index (χ0v) is 19.0. The predicted molar refractivity (Wildman–Crippen MR) is 131 cm³/mol. The molecule has 0 aromatic heterocycles. The Morgan fingerprint density at radius 1 is 1.06 bits per heavy atom. The van der Waals surface area contributed by atoms with Crippen LogP contribution in [0.1, 0.15) is 45.1 Å². The van der Waals surface area contributed by atoms with Crippen LogP contribution < -0.4 is 16.1 Å². The first-order valence-corrected chi connectivity index (χ1v) is 11.7. The van der Waals surface area contributed by atoms with E-state index >= 15 is 0 Å². The minimum absolute atomic E-state index is 0.0264. The first kappa shape index (κ1) is 21.9. The molecule has 164 valence electrons. The van der Waals surface area contributed by atoms with Crippen LogP contribution in [0.3, 0.4) is 0 Å². The second-order valence-electron chi connectivity index (χ2n) is 7.64. The van der Waals surface area contributed by atoms with Crippen LogP contribution in [0.2, 0.25) is 0 Å². The van der Waals surface area contributed by atoms with Gasteiger partial charge in [-0.1, -0.05) is 50.2 Å². The number of thioether (sulfide) groups is 1. The number of amides is 2. The number of nitrogens with zero attached hydrogens (tertiary/aromatic N) is 1. The zero-order valence-electron chi connectivity index (χ0n) is 18.2. The van der Waals surface area contributed by atoms with Gasteiger partial charge in [-0.25, -0.2) is 5.43 Å². The van der Waals surface area contributed by atoms with E-state index in [-0.39, 0.29) is 11.8 Å². The van der Waals surface area contributed by atoms with Gasteiger partial charge in [0.15, 0.2) is 0 Å². The van der Waals surface area contributed by atoms with E-state index in [1.807, 2.05) is 55.5 Å². The number of para-hydroxylation sites is 1. The Morgan fingerprint density at radius 2 is 1.84 bits per heavy atom. The van der Waals surface area contributed by atoms with Crippen molar-refractivity contribution in [2.45, 2.75) is 44.4 Å². The van der Waals surface area contributed by atoms with E-state index in [2.05, 4.69) is 34.2 Å². The fourth-order valence-corrected chi connectivity index (χ4v) is 4.65. The number of hydrogen-bond donors (Lipinski definition) is 3. The minimum Gasteiger partial charge on any atom is -0.354 e. The molecule has 2 aromatic carbocycles. The third-order valence-electron chi connectivity index (χ3n) is 5.14. The van der Waals surface area contributed by atoms with Crippen LogP contribution in [0.5, 0.6) is 0 Å². The second kappa shape index (κ2) is 9.87. The van der Waals surface area contributed by atoms with Crippen molar-refractivity contribution in [1.29, 1.82) is 0 Å². The summed E-state index contributed by atoms with van der Waals surface area (Å²) in [4.78, 5) is 26.4. The van der Waals surface area contributed by atoms with Gasteiger partial charge in [0.1, 0.15) is 0 Å². The third kappa shape index (κ3) is 4.78. The molecule has 0 spiro atoms. The lowest BCUT2D eigenvalue weighted by Gasteiger charge is -2.22. The van der Waals surface area contributed by atoms with E-state index < -0.39 is 0 Å². The molecule has 0 saturated carbocycles. The molecule has 3 N–H and O–H groups in total. The van der Waals surface area contributed by atoms with E-state index in [9.17, 15) is 9.59 Å². The molecule has 2 aromatic rings. The van der Waals surface area contributed by atoms with E-state index in [1.54, 1.807) is 11.8 Å². The normalized spacial score (nSPS) is 17.1. The molecule has 0 radical (unpaired) electrons. The number of carbonyl (C=O) groups excluding carboxylic acids is 2. The van der Waals surface area contributed by atoms with E-state index in [0.29, 0.717) is 12.0 Å². The highest BCUT2D eigenvalue weighted by molar-refractivity contribution is 8.08. The fourth-order valence-electron chi connectivity index (χ4n) is 3.66. The van der Waals surface area contributed by atoms with Gasteiger partial charge in [-0.3, -0.25) is 9.59 Å². The summed E-state index contributed by atoms with van der Waals surface area (Å²) in [7, 11) is 0. The van der Waals surface area contributed by atoms with Crippen molar-refractivity contribution in [3.8, 4) is 0 Å². The number of hydrazone groups is 1. The summed E-state index contributed by atoms with van der Waals surface area (Å²) in [5, 5.41) is 10.6. The lowest BCUT2D eigenvalue weighted by atomic mass is 10.0. The van der Waals surface area contributed by atoms with Gasteiger partial charge in [0, 0.05) is 33.2 Å². The lowest BCUT2D eigenvalue weighted by molar-refractivity contribution is -0.117. The largest absolute Gasteiger partial charge is 0.354 e. The number of allylic oxidation sites excluding steroid dienone is 1. The Bertz CT molecular complexity index is 1130. The number of benzene rings is 2. The quantitative estimate of drug-likeness (QED) is 0.489. The molecule has 4 rings (SSSR count). The van der Waals surface area contributed by atoms with Crippen molar-refractivity contribution in [3.63, 3.8) is 0 Å². The van der Waals surface area contributed by atoms with Gasteiger partial charge in [-0.2, -0.15) is 5.10 Å². The highest BCUT2D eigenvalue weighted by atomic mass is 32.2. The molecule has 0 unspecified atom stereocenters. The van der Waals surface area contributed by atoms with Crippen molar-refractivity contribution in [1.82, 2.24) is 5.43 Å². The Kier molecular flexibility index (Phi) is 6.75. The summed E-state index contributed by atoms with van der Waals surface area (Å²) in [6.07, 6.45) is 5.01. The van der Waals surface area contributed by atoms with Crippen LogP contribution in [-0.4, -0.2) is 17.5 Å². The summed E-state index contributed by atoms with van der Waals surface area (Å²) in [6, 6.07) is 15.9. The first-order chi connectivity index (χ1) is 15.6. The van der Waals surface area contributed by atoms with Crippen molar-refractivity contribution < 1.29 is 9.59 Å². The highest BCUT2D eigenvalue weighted by Gasteiger charge is 2.28. The van der Waals surface area contributed by atoms with Crippen LogP contribution in [0.15, 0.2) is 75.9 Å². The molecule has 0 fully saturated rings. The van der Waals surface area contributed by atoms with Crippen LogP contribution in [0.4, 0.5) is 11.4 Å². The topological polar surface area (TPSA) is 82.6 Å². The molecule has 32 heavy (non-hydrogen) atoms. The number of hydrogen-bond acceptors (Lipinski definition) is 5. The Balaban J connectivity index is 1.64. The smallest absolute Gasteiger partial charge is 0.275 e. The van der Waals surface area contributed by atoms with E-state index in [1.165, 1.54) is 0 Å². The molecule has 2 aliphatic rings. The third-order valence-corrected chi connectivity index (χ3v) is 6.21. The molecule has 2 aliphatic heterocycles. The van der Waals surface area contributed by atoms with Gasteiger partial charge in [0.25, 0.3) is 5.91 Å². The van der Waals surface area contributed by atoms with Crippen LogP contribution in [0, 0.1) is 0 Å². The molecule has 0 atom stereocenters. The van der Waals surface area contributed by atoms with Crippen LogP contribution in [-0.2, 0) is 9.59 Å². The maximum Gasteiger partial charge on any atom is 0.275 e. The molecular weight excluding hydrogens is 420 g/mol. The van der Waals surface area contributed by atoms with Gasteiger partial charge < -0.3 is 10.6 Å². The molecule has 0 saturated heterocycles. The van der Waals surface area contributed by atoms with Gasteiger partial charge in [-0.05, 0) is 49.2 Å². The average molecular weight is 447 g/mol. The molecular formula is C25H26N4O2S. The fraction of sp³-hybridized carbons (Fsp3) is 0.240. The van der Waals surface area contributed by atoms with Crippen molar-refractivity contribution in [2.24, 2.45) is 5.10 Å². The zero-order chi connectivity index (χ0) is 22.5. The number of fused-ring (bicyclic) bond motifs is 1. The van der Waals surface area contributed by atoms with Gasteiger partial charge in [0.2, 0.25) is 5.91 Å². The molecule has 2 amide bonds. The van der Waals surface area contributed by atoms with Gasteiger partial charge in [0.05, 0.1) is 17.0 Å². The second-order valence-corrected chi connectivity index (χ2v) is 8.76. The Morgan fingerprint density at radius 3 is 2.59 bits per heavy atom. The maximum atomic E-state index is 12.5.